The van der Waals surface area contributed by atoms with Gasteiger partial charge in [-0.1, -0.05) is 18.2 Å². The fraction of sp³-hybridized carbons (Fsp3) is 0.278. The number of nitrogens with one attached hydrogen (secondary N) is 1. The highest BCUT2D eigenvalue weighted by atomic mass is 32.2. The maximum Gasteiger partial charge on any atom is 0.304 e. The number of anilines is 2. The van der Waals surface area contributed by atoms with E-state index in [1.807, 2.05) is 57.9 Å². The number of aryl methyl sites for hydroxylation is 2. The van der Waals surface area contributed by atoms with Crippen molar-refractivity contribution in [3.8, 4) is 0 Å². The van der Waals surface area contributed by atoms with Crippen molar-refractivity contribution < 1.29 is 4.55 Å². The number of hydrogen-bond acceptors (Lipinski definition) is 4. The summed E-state index contributed by atoms with van der Waals surface area (Å²) >= 11 is -1.11. The first-order chi connectivity index (χ1) is 11.4. The molecule has 2 aromatic carbocycles. The molecule has 126 valence electrons. The third-order valence-electron chi connectivity index (χ3n) is 4.26. The molecule has 0 fully saturated rings. The molecule has 0 aliphatic heterocycles. The van der Waals surface area contributed by atoms with E-state index in [4.69, 9.17) is 0 Å². The molecule has 0 aliphatic rings. The Hall–Kier alpha value is -2.18. The second-order valence-electron chi connectivity index (χ2n) is 6.08. The predicted molar refractivity (Wildman–Crippen MR) is 103 cm³/mol. The van der Waals surface area contributed by atoms with Crippen LogP contribution in [0.1, 0.15) is 11.4 Å². The summed E-state index contributed by atoms with van der Waals surface area (Å²) in [5.74, 6) is 0. The standard InChI is InChI=1S/C18H23N4OS/c1-12-18(13(2)22(5)19-12)20-24(23)17-11-7-8-14-15(17)9-6-10-16(14)21(3)4/h6-11,20,23H,1-5H3/q+1. The number of aromatic nitrogens is 2. The van der Waals surface area contributed by atoms with Crippen LogP contribution in [0.4, 0.5) is 11.4 Å². The molecule has 0 radical (unpaired) electrons. The van der Waals surface area contributed by atoms with E-state index < -0.39 is 11.4 Å². The monoisotopic (exact) mass is 343 g/mol. The number of hydrogen-bond donors (Lipinski definition) is 2. The van der Waals surface area contributed by atoms with Gasteiger partial charge in [0.1, 0.15) is 5.69 Å². The van der Waals surface area contributed by atoms with Gasteiger partial charge in [-0.2, -0.15) is 14.4 Å². The summed E-state index contributed by atoms with van der Waals surface area (Å²) in [5, 5.41) is 6.59. The zero-order valence-corrected chi connectivity index (χ0v) is 15.5. The molecule has 2 N–H and O–H groups in total. The van der Waals surface area contributed by atoms with Crippen LogP contribution in [0.15, 0.2) is 41.3 Å². The van der Waals surface area contributed by atoms with Crippen LogP contribution in [0, 0.1) is 13.8 Å². The molecule has 0 saturated heterocycles. The van der Waals surface area contributed by atoms with Crippen LogP contribution in [0.25, 0.3) is 10.8 Å². The van der Waals surface area contributed by atoms with E-state index in [1.165, 1.54) is 0 Å². The predicted octanol–water partition coefficient (Wildman–Crippen LogP) is 3.73. The molecule has 1 aromatic heterocycles. The Bertz CT molecular complexity index is 888. The molecule has 3 rings (SSSR count). The Morgan fingerprint density at radius 2 is 1.75 bits per heavy atom. The van der Waals surface area contributed by atoms with Crippen LogP contribution in [0.5, 0.6) is 0 Å². The highest BCUT2D eigenvalue weighted by Crippen LogP contribution is 2.31. The molecule has 0 amide bonds. The number of nitrogens with zero attached hydrogens (tertiary/aromatic N) is 3. The zero-order valence-electron chi connectivity index (χ0n) is 14.7. The van der Waals surface area contributed by atoms with Gasteiger partial charge in [0.2, 0.25) is 4.90 Å². The molecule has 1 atom stereocenters. The molecule has 5 nitrogen and oxygen atoms in total. The molecular weight excluding hydrogens is 320 g/mol. The lowest BCUT2D eigenvalue weighted by Crippen LogP contribution is -2.15. The van der Waals surface area contributed by atoms with Gasteiger partial charge in [0.25, 0.3) is 0 Å². The van der Waals surface area contributed by atoms with Gasteiger partial charge >= 0.3 is 11.4 Å². The third-order valence-corrected chi connectivity index (χ3v) is 5.43. The lowest BCUT2D eigenvalue weighted by molar-refractivity contribution is 0.645. The zero-order chi connectivity index (χ0) is 17.4. The van der Waals surface area contributed by atoms with Crippen molar-refractivity contribution in [2.75, 3.05) is 23.7 Å². The Morgan fingerprint density at radius 1 is 1.08 bits per heavy atom. The minimum Gasteiger partial charge on any atom is -0.377 e. The minimum atomic E-state index is -1.11. The normalized spacial score (nSPS) is 12.4. The summed E-state index contributed by atoms with van der Waals surface area (Å²) in [7, 11) is 5.96. The summed E-state index contributed by atoms with van der Waals surface area (Å²) in [6.45, 7) is 3.94. The van der Waals surface area contributed by atoms with E-state index in [0.29, 0.717) is 0 Å². The Balaban J connectivity index is 2.04. The van der Waals surface area contributed by atoms with Gasteiger partial charge < -0.3 is 4.90 Å². The van der Waals surface area contributed by atoms with Crippen molar-refractivity contribution in [1.82, 2.24) is 9.78 Å². The second-order valence-corrected chi connectivity index (χ2v) is 7.29. The van der Waals surface area contributed by atoms with Crippen molar-refractivity contribution >= 4 is 33.5 Å². The first-order valence-corrected chi connectivity index (χ1v) is 8.97. The van der Waals surface area contributed by atoms with Gasteiger partial charge in [-0.3, -0.25) is 4.68 Å². The quantitative estimate of drug-likeness (QED) is 0.709. The van der Waals surface area contributed by atoms with Crippen LogP contribution in [0.3, 0.4) is 0 Å². The summed E-state index contributed by atoms with van der Waals surface area (Å²) < 4.78 is 15.9. The van der Waals surface area contributed by atoms with Crippen molar-refractivity contribution in [3.05, 3.63) is 47.8 Å². The van der Waals surface area contributed by atoms with E-state index in [2.05, 4.69) is 32.9 Å². The van der Waals surface area contributed by atoms with Gasteiger partial charge in [-0.05, 0) is 32.0 Å². The SMILES string of the molecule is Cc1nn(C)c(C)c1N[S+](O)c1cccc2c(N(C)C)cccc12. The molecule has 0 spiro atoms. The highest BCUT2D eigenvalue weighted by Gasteiger charge is 2.27. The van der Waals surface area contributed by atoms with Crippen molar-refractivity contribution in [3.63, 3.8) is 0 Å². The first kappa shape index (κ1) is 16.7. The van der Waals surface area contributed by atoms with Crippen LogP contribution >= 0.6 is 0 Å². The average Bonchev–Trinajstić information content (AvgIpc) is 2.79. The van der Waals surface area contributed by atoms with E-state index in [0.717, 1.165) is 38.4 Å². The maximum atomic E-state index is 10.8. The minimum absolute atomic E-state index is 0.885. The van der Waals surface area contributed by atoms with Gasteiger partial charge in [0.05, 0.1) is 11.4 Å². The Kier molecular flexibility index (Phi) is 4.43. The first-order valence-electron chi connectivity index (χ1n) is 7.79. The maximum absolute atomic E-state index is 10.8. The molecule has 6 heteroatoms. The largest absolute Gasteiger partial charge is 0.377 e. The van der Waals surface area contributed by atoms with Gasteiger partial charge in [-0.15, -0.1) is 0 Å². The fourth-order valence-corrected chi connectivity index (χ4v) is 4.09. The average molecular weight is 343 g/mol. The molecular formula is C18H23N4OS+. The van der Waals surface area contributed by atoms with Crippen molar-refractivity contribution in [2.24, 2.45) is 7.05 Å². The lowest BCUT2D eigenvalue weighted by atomic mass is 10.1. The molecule has 0 saturated carbocycles. The van der Waals surface area contributed by atoms with Crippen LogP contribution < -0.4 is 9.62 Å². The number of rotatable bonds is 4. The summed E-state index contributed by atoms with van der Waals surface area (Å²) in [5.41, 5.74) is 3.92. The molecule has 1 heterocycles. The second kappa shape index (κ2) is 6.37. The highest BCUT2D eigenvalue weighted by molar-refractivity contribution is 7.93. The smallest absolute Gasteiger partial charge is 0.304 e. The van der Waals surface area contributed by atoms with Crippen molar-refractivity contribution in [2.45, 2.75) is 18.7 Å². The van der Waals surface area contributed by atoms with Gasteiger partial charge in [0.15, 0.2) is 0 Å². The van der Waals surface area contributed by atoms with Gasteiger partial charge in [0, 0.05) is 37.6 Å². The van der Waals surface area contributed by atoms with Crippen LogP contribution in [-0.2, 0) is 18.4 Å². The van der Waals surface area contributed by atoms with Crippen LogP contribution in [0.2, 0.25) is 0 Å². The topological polar surface area (TPSA) is 53.3 Å². The number of fused-ring (bicyclic) bond motifs is 1. The van der Waals surface area contributed by atoms with Crippen LogP contribution in [-0.4, -0.2) is 28.4 Å². The molecule has 1 unspecified atom stereocenters. The van der Waals surface area contributed by atoms with Crippen molar-refractivity contribution in [1.29, 1.82) is 0 Å². The third kappa shape index (κ3) is 2.83. The molecule has 0 bridgehead atoms. The van der Waals surface area contributed by atoms with E-state index in [1.54, 1.807) is 0 Å². The number of benzene rings is 2. The summed E-state index contributed by atoms with van der Waals surface area (Å²) in [4.78, 5) is 2.98. The molecule has 3 aromatic rings. The van der Waals surface area contributed by atoms with E-state index >= 15 is 0 Å². The Morgan fingerprint density at radius 3 is 2.38 bits per heavy atom. The molecule has 24 heavy (non-hydrogen) atoms. The van der Waals surface area contributed by atoms with Gasteiger partial charge in [-0.25, -0.2) is 0 Å². The molecule has 0 aliphatic carbocycles. The summed E-state index contributed by atoms with van der Waals surface area (Å²) in [6.07, 6.45) is 0. The van der Waals surface area contributed by atoms with E-state index in [-0.39, 0.29) is 0 Å². The summed E-state index contributed by atoms with van der Waals surface area (Å²) in [6, 6.07) is 12.2. The Labute approximate surface area is 145 Å². The lowest BCUT2D eigenvalue weighted by Gasteiger charge is -2.15. The fourth-order valence-electron chi connectivity index (χ4n) is 2.90. The van der Waals surface area contributed by atoms with E-state index in [9.17, 15) is 4.55 Å².